The topological polar surface area (TPSA) is 49.0 Å². The Hall–Kier alpha value is -2.77. The second kappa shape index (κ2) is 9.36. The molecule has 0 saturated heterocycles. The number of benzene rings is 3. The van der Waals surface area contributed by atoms with E-state index in [1.165, 1.54) is 6.07 Å². The molecule has 1 N–H and O–H groups in total. The van der Waals surface area contributed by atoms with Crippen molar-refractivity contribution in [1.29, 1.82) is 0 Å². The van der Waals surface area contributed by atoms with Crippen molar-refractivity contribution in [2.24, 2.45) is 0 Å². The lowest BCUT2D eigenvalue weighted by Gasteiger charge is -2.17. The molecule has 3 aromatic rings. The maximum absolute atomic E-state index is 14.0. The zero-order chi connectivity index (χ0) is 20.9. The molecule has 1 aliphatic rings. The van der Waals surface area contributed by atoms with E-state index in [2.05, 4.69) is 21.2 Å². The number of halogens is 2. The number of rotatable bonds is 8. The average molecular weight is 474 g/mol. The van der Waals surface area contributed by atoms with E-state index in [0.29, 0.717) is 30.2 Å². The molecule has 0 unspecified atom stereocenters. The first kappa shape index (κ1) is 20.5. The number of fused-ring (bicyclic) bond motifs is 1. The Balaban J connectivity index is 1.48. The Kier molecular flexibility index (Phi) is 6.40. The summed E-state index contributed by atoms with van der Waals surface area (Å²) in [4.78, 5) is 0. The Morgan fingerprint density at radius 1 is 1.03 bits per heavy atom. The summed E-state index contributed by atoms with van der Waals surface area (Å²) in [6, 6.07) is 16.2. The van der Waals surface area contributed by atoms with E-state index in [0.717, 1.165) is 27.1 Å². The van der Waals surface area contributed by atoms with Gasteiger partial charge in [-0.15, -0.1) is 0 Å². The summed E-state index contributed by atoms with van der Waals surface area (Å²) >= 11 is 3.59. The van der Waals surface area contributed by atoms with Gasteiger partial charge < -0.3 is 24.3 Å². The summed E-state index contributed by atoms with van der Waals surface area (Å²) in [5.74, 6) is 2.39. The summed E-state index contributed by atoms with van der Waals surface area (Å²) in [5, 5.41) is 3.42. The van der Waals surface area contributed by atoms with Crippen LogP contribution in [0.1, 0.15) is 16.7 Å². The molecule has 0 bridgehead atoms. The minimum Gasteiger partial charge on any atom is -0.493 e. The van der Waals surface area contributed by atoms with E-state index in [1.807, 2.05) is 30.3 Å². The van der Waals surface area contributed by atoms with Crippen LogP contribution in [0.15, 0.2) is 59.1 Å². The minimum absolute atomic E-state index is 0.106. The first-order valence-electron chi connectivity index (χ1n) is 9.46. The van der Waals surface area contributed by atoms with Crippen LogP contribution in [-0.4, -0.2) is 13.9 Å². The van der Waals surface area contributed by atoms with Gasteiger partial charge in [-0.1, -0.05) is 40.2 Å². The van der Waals surface area contributed by atoms with Gasteiger partial charge in [-0.25, -0.2) is 4.39 Å². The van der Waals surface area contributed by atoms with Crippen molar-refractivity contribution >= 4 is 15.9 Å². The fourth-order valence-electron chi connectivity index (χ4n) is 3.21. The molecule has 3 aromatic carbocycles. The van der Waals surface area contributed by atoms with E-state index in [4.69, 9.17) is 18.9 Å². The summed E-state index contributed by atoms with van der Waals surface area (Å²) in [6.45, 7) is 1.52. The Bertz CT molecular complexity index is 1040. The van der Waals surface area contributed by atoms with Crippen LogP contribution >= 0.6 is 15.9 Å². The van der Waals surface area contributed by atoms with Gasteiger partial charge in [0.2, 0.25) is 6.79 Å². The fraction of sp³-hybridized carbons (Fsp3) is 0.217. The molecule has 0 spiro atoms. The SMILES string of the molecule is COc1ccc(Br)c(CNCc2ccc3c(c2)OCO3)c1OCc1ccccc1F. The first-order valence-corrected chi connectivity index (χ1v) is 10.3. The number of hydrogen-bond donors (Lipinski definition) is 1. The van der Waals surface area contributed by atoms with Crippen molar-refractivity contribution in [3.05, 3.63) is 81.6 Å². The predicted octanol–water partition coefficient (Wildman–Crippen LogP) is 5.19. The summed E-state index contributed by atoms with van der Waals surface area (Å²) in [6.07, 6.45) is 0. The van der Waals surface area contributed by atoms with Gasteiger partial charge in [-0.2, -0.15) is 0 Å². The molecule has 5 nitrogen and oxygen atoms in total. The lowest BCUT2D eigenvalue weighted by atomic mass is 10.1. The molecular weight excluding hydrogens is 453 g/mol. The normalized spacial score (nSPS) is 12.1. The molecule has 4 rings (SSSR count). The standard InChI is InChI=1S/C23H21BrFNO4/c1-27-21-9-7-18(24)17(23(21)28-13-16-4-2-3-5-19(16)25)12-26-11-15-6-8-20-22(10-15)30-14-29-20/h2-10,26H,11-14H2,1H3. The maximum atomic E-state index is 14.0. The van der Waals surface area contributed by atoms with Crippen LogP contribution in [0.2, 0.25) is 0 Å². The van der Waals surface area contributed by atoms with E-state index in [1.54, 1.807) is 25.3 Å². The molecule has 0 atom stereocenters. The van der Waals surface area contributed by atoms with E-state index in [9.17, 15) is 4.39 Å². The molecule has 0 radical (unpaired) electrons. The van der Waals surface area contributed by atoms with E-state index in [-0.39, 0.29) is 19.2 Å². The largest absolute Gasteiger partial charge is 0.493 e. The molecule has 1 heterocycles. The summed E-state index contributed by atoms with van der Waals surface area (Å²) in [5.41, 5.74) is 2.46. The van der Waals surface area contributed by atoms with Gasteiger partial charge in [-0.3, -0.25) is 0 Å². The van der Waals surface area contributed by atoms with Crippen LogP contribution in [-0.2, 0) is 19.7 Å². The van der Waals surface area contributed by atoms with Crippen LogP contribution in [0.4, 0.5) is 4.39 Å². The third-order valence-electron chi connectivity index (χ3n) is 4.78. The molecule has 1 aliphatic heterocycles. The van der Waals surface area contributed by atoms with Crippen LogP contribution in [0.5, 0.6) is 23.0 Å². The Morgan fingerprint density at radius 3 is 2.70 bits per heavy atom. The van der Waals surface area contributed by atoms with E-state index < -0.39 is 0 Å². The van der Waals surface area contributed by atoms with Crippen molar-refractivity contribution < 1.29 is 23.3 Å². The van der Waals surface area contributed by atoms with Crippen LogP contribution in [0.3, 0.4) is 0 Å². The third kappa shape index (κ3) is 4.52. The van der Waals surface area contributed by atoms with Crippen molar-refractivity contribution in [1.82, 2.24) is 5.32 Å². The molecule has 0 amide bonds. The van der Waals surface area contributed by atoms with Gasteiger partial charge in [0.05, 0.1) is 7.11 Å². The second-order valence-electron chi connectivity index (χ2n) is 6.73. The van der Waals surface area contributed by atoms with Gasteiger partial charge >= 0.3 is 0 Å². The highest BCUT2D eigenvalue weighted by atomic mass is 79.9. The Labute approximate surface area is 182 Å². The van der Waals surface area contributed by atoms with E-state index >= 15 is 0 Å². The highest BCUT2D eigenvalue weighted by Gasteiger charge is 2.16. The van der Waals surface area contributed by atoms with Crippen molar-refractivity contribution in [3.8, 4) is 23.0 Å². The lowest BCUT2D eigenvalue weighted by Crippen LogP contribution is -2.14. The third-order valence-corrected chi connectivity index (χ3v) is 5.53. The molecule has 0 aliphatic carbocycles. The van der Waals surface area contributed by atoms with Crippen LogP contribution in [0.25, 0.3) is 0 Å². The number of ether oxygens (including phenoxy) is 4. The van der Waals surface area contributed by atoms with Gasteiger partial charge in [0, 0.05) is 28.7 Å². The highest BCUT2D eigenvalue weighted by Crippen LogP contribution is 2.37. The van der Waals surface area contributed by atoms with Gasteiger partial charge in [0.15, 0.2) is 23.0 Å². The second-order valence-corrected chi connectivity index (χ2v) is 7.58. The smallest absolute Gasteiger partial charge is 0.231 e. The van der Waals surface area contributed by atoms with Gasteiger partial charge in [0.25, 0.3) is 0 Å². The van der Waals surface area contributed by atoms with Gasteiger partial charge in [0.1, 0.15) is 12.4 Å². The van der Waals surface area contributed by atoms with Crippen LogP contribution < -0.4 is 24.3 Å². The number of nitrogens with one attached hydrogen (secondary N) is 1. The van der Waals surface area contributed by atoms with Crippen LogP contribution in [0, 0.1) is 5.82 Å². The molecule has 156 valence electrons. The predicted molar refractivity (Wildman–Crippen MR) is 115 cm³/mol. The zero-order valence-corrected chi connectivity index (χ0v) is 18.0. The first-order chi connectivity index (χ1) is 14.7. The molecule has 7 heteroatoms. The van der Waals surface area contributed by atoms with Gasteiger partial charge in [-0.05, 0) is 35.9 Å². The highest BCUT2D eigenvalue weighted by molar-refractivity contribution is 9.10. The van der Waals surface area contributed by atoms with Crippen molar-refractivity contribution in [2.75, 3.05) is 13.9 Å². The number of methoxy groups -OCH3 is 1. The molecule has 0 fully saturated rings. The zero-order valence-electron chi connectivity index (χ0n) is 16.4. The van der Waals surface area contributed by atoms with Crippen molar-refractivity contribution in [3.63, 3.8) is 0 Å². The van der Waals surface area contributed by atoms with Crippen molar-refractivity contribution in [2.45, 2.75) is 19.7 Å². The number of hydrogen-bond acceptors (Lipinski definition) is 5. The fourth-order valence-corrected chi connectivity index (χ4v) is 3.67. The maximum Gasteiger partial charge on any atom is 0.231 e. The molecular formula is C23H21BrFNO4. The molecule has 30 heavy (non-hydrogen) atoms. The minimum atomic E-state index is -0.297. The summed E-state index contributed by atoms with van der Waals surface area (Å²) < 4.78 is 37.1. The molecule has 0 aromatic heterocycles. The summed E-state index contributed by atoms with van der Waals surface area (Å²) in [7, 11) is 1.59. The quantitative estimate of drug-likeness (QED) is 0.487. The lowest BCUT2D eigenvalue weighted by molar-refractivity contribution is 0.174. The average Bonchev–Trinajstić information content (AvgIpc) is 3.22. The molecule has 0 saturated carbocycles. The Morgan fingerprint density at radius 2 is 1.87 bits per heavy atom. The monoisotopic (exact) mass is 473 g/mol.